The van der Waals surface area contributed by atoms with E-state index in [4.69, 9.17) is 0 Å². The van der Waals surface area contributed by atoms with Gasteiger partial charge in [0.05, 0.1) is 11.9 Å². The number of hydrogen-bond acceptors (Lipinski definition) is 3. The molecular formula is C18H21FN2O3S. The van der Waals surface area contributed by atoms with Gasteiger partial charge < -0.3 is 5.32 Å². The average molecular weight is 364 g/mol. The van der Waals surface area contributed by atoms with Crippen LogP contribution in [0, 0.1) is 12.7 Å². The Morgan fingerprint density at radius 1 is 1.20 bits per heavy atom. The molecule has 1 N–H and O–H groups in total. The molecule has 2 aromatic rings. The fourth-order valence-electron chi connectivity index (χ4n) is 2.46. The molecule has 0 aliphatic rings. The second-order valence-corrected chi connectivity index (χ2v) is 7.78. The molecule has 0 radical (unpaired) electrons. The van der Waals surface area contributed by atoms with Gasteiger partial charge in [0.1, 0.15) is 11.9 Å². The molecular weight excluding hydrogens is 343 g/mol. The highest BCUT2D eigenvalue weighted by molar-refractivity contribution is 7.92. The van der Waals surface area contributed by atoms with Crippen LogP contribution in [0.3, 0.4) is 0 Å². The first-order chi connectivity index (χ1) is 11.7. The van der Waals surface area contributed by atoms with Crippen LogP contribution in [0.25, 0.3) is 0 Å². The minimum Gasteiger partial charge on any atom is -0.350 e. The number of sulfonamides is 1. The molecule has 2 rings (SSSR count). The summed E-state index contributed by atoms with van der Waals surface area (Å²) in [7, 11) is -3.76. The number of carbonyl (C=O) groups is 1. The van der Waals surface area contributed by atoms with Crippen LogP contribution in [-0.2, 0) is 21.4 Å². The third-order valence-corrected chi connectivity index (χ3v) is 4.98. The Labute approximate surface area is 147 Å². The van der Waals surface area contributed by atoms with Crippen LogP contribution in [0.4, 0.5) is 10.1 Å². The minimum absolute atomic E-state index is 0.112. The van der Waals surface area contributed by atoms with Gasteiger partial charge in [-0.15, -0.1) is 0 Å². The van der Waals surface area contributed by atoms with Crippen LogP contribution in [0.1, 0.15) is 18.1 Å². The lowest BCUT2D eigenvalue weighted by atomic mass is 10.1. The van der Waals surface area contributed by atoms with Crippen molar-refractivity contribution in [2.75, 3.05) is 10.6 Å². The molecule has 1 atom stereocenters. The quantitative estimate of drug-likeness (QED) is 0.857. The molecule has 5 nitrogen and oxygen atoms in total. The maximum absolute atomic E-state index is 13.5. The predicted octanol–water partition coefficient (Wildman–Crippen LogP) is 2.61. The highest BCUT2D eigenvalue weighted by Crippen LogP contribution is 2.21. The summed E-state index contributed by atoms with van der Waals surface area (Å²) in [6, 6.07) is 11.8. The van der Waals surface area contributed by atoms with E-state index in [0.717, 1.165) is 27.8 Å². The SMILES string of the molecule is Cc1ccc(CNC(=O)[C@@H](C)N(c2cccc(F)c2)S(C)(=O)=O)cc1. The Bertz CT molecular complexity index is 851. The first kappa shape index (κ1) is 18.9. The van der Waals surface area contributed by atoms with Crippen molar-refractivity contribution < 1.29 is 17.6 Å². The largest absolute Gasteiger partial charge is 0.350 e. The van der Waals surface area contributed by atoms with Gasteiger partial charge in [0.25, 0.3) is 0 Å². The van der Waals surface area contributed by atoms with Gasteiger partial charge in [-0.2, -0.15) is 0 Å². The van der Waals surface area contributed by atoms with Gasteiger partial charge in [-0.25, -0.2) is 12.8 Å². The Hall–Kier alpha value is -2.41. The zero-order valence-electron chi connectivity index (χ0n) is 14.4. The summed E-state index contributed by atoms with van der Waals surface area (Å²) in [6.45, 7) is 3.72. The molecule has 0 heterocycles. The summed E-state index contributed by atoms with van der Waals surface area (Å²) in [5, 5.41) is 2.72. The number of rotatable bonds is 6. The van der Waals surface area contributed by atoms with Crippen molar-refractivity contribution in [2.24, 2.45) is 0 Å². The fourth-order valence-corrected chi connectivity index (χ4v) is 3.63. The molecule has 0 aliphatic carbocycles. The highest BCUT2D eigenvalue weighted by atomic mass is 32.2. The monoisotopic (exact) mass is 364 g/mol. The second kappa shape index (κ2) is 7.65. The number of nitrogens with one attached hydrogen (secondary N) is 1. The average Bonchev–Trinajstić information content (AvgIpc) is 2.53. The van der Waals surface area contributed by atoms with Crippen LogP contribution < -0.4 is 9.62 Å². The van der Waals surface area contributed by atoms with E-state index in [1.54, 1.807) is 0 Å². The molecule has 0 aromatic heterocycles. The van der Waals surface area contributed by atoms with Gasteiger partial charge in [-0.1, -0.05) is 35.9 Å². The maximum atomic E-state index is 13.5. The van der Waals surface area contributed by atoms with E-state index < -0.39 is 27.8 Å². The molecule has 25 heavy (non-hydrogen) atoms. The van der Waals surface area contributed by atoms with Gasteiger partial charge in [-0.05, 0) is 37.6 Å². The molecule has 0 bridgehead atoms. The molecule has 0 saturated carbocycles. The lowest BCUT2D eigenvalue weighted by Crippen LogP contribution is -2.47. The summed E-state index contributed by atoms with van der Waals surface area (Å²) in [5.41, 5.74) is 2.13. The molecule has 1 amide bonds. The van der Waals surface area contributed by atoms with Crippen molar-refractivity contribution in [3.05, 3.63) is 65.5 Å². The second-order valence-electron chi connectivity index (χ2n) is 5.92. The summed E-state index contributed by atoms with van der Waals surface area (Å²) in [6.07, 6.45) is 0.988. The number of aryl methyl sites for hydroxylation is 1. The zero-order valence-corrected chi connectivity index (χ0v) is 15.2. The summed E-state index contributed by atoms with van der Waals surface area (Å²) < 4.78 is 38.6. The number of halogens is 1. The van der Waals surface area contributed by atoms with E-state index in [1.165, 1.54) is 25.1 Å². The smallest absolute Gasteiger partial charge is 0.243 e. The Kier molecular flexibility index (Phi) is 5.79. The molecule has 0 spiro atoms. The van der Waals surface area contributed by atoms with Crippen molar-refractivity contribution in [3.63, 3.8) is 0 Å². The lowest BCUT2D eigenvalue weighted by Gasteiger charge is -2.28. The van der Waals surface area contributed by atoms with Gasteiger partial charge in [0.2, 0.25) is 15.9 Å². The highest BCUT2D eigenvalue weighted by Gasteiger charge is 2.29. The maximum Gasteiger partial charge on any atom is 0.243 e. The Balaban J connectivity index is 2.17. The molecule has 0 unspecified atom stereocenters. The number of anilines is 1. The number of benzene rings is 2. The summed E-state index contributed by atoms with van der Waals surface area (Å²) in [5.74, 6) is -1.03. The van der Waals surface area contributed by atoms with Gasteiger partial charge in [-0.3, -0.25) is 9.10 Å². The van der Waals surface area contributed by atoms with Gasteiger partial charge in [0.15, 0.2) is 0 Å². The molecule has 134 valence electrons. The van der Waals surface area contributed by atoms with E-state index in [9.17, 15) is 17.6 Å². The number of amides is 1. The Morgan fingerprint density at radius 3 is 2.40 bits per heavy atom. The van der Waals surface area contributed by atoms with E-state index in [1.807, 2.05) is 31.2 Å². The standard InChI is InChI=1S/C18H21FN2O3S/c1-13-7-9-15(10-8-13)12-20-18(22)14(2)21(25(3,23)24)17-6-4-5-16(19)11-17/h4-11,14H,12H2,1-3H3,(H,20,22)/t14-/m1/s1. The first-order valence-electron chi connectivity index (χ1n) is 7.76. The molecule has 7 heteroatoms. The third-order valence-electron chi connectivity index (χ3n) is 3.74. The minimum atomic E-state index is -3.76. The molecule has 2 aromatic carbocycles. The van der Waals surface area contributed by atoms with Crippen LogP contribution >= 0.6 is 0 Å². The van der Waals surface area contributed by atoms with E-state index in [2.05, 4.69) is 5.32 Å². The number of nitrogens with zero attached hydrogens (tertiary/aromatic N) is 1. The van der Waals surface area contributed by atoms with Gasteiger partial charge in [0, 0.05) is 6.54 Å². The van der Waals surface area contributed by atoms with Crippen molar-refractivity contribution in [1.29, 1.82) is 0 Å². The van der Waals surface area contributed by atoms with Crippen molar-refractivity contribution in [2.45, 2.75) is 26.4 Å². The molecule has 0 fully saturated rings. The lowest BCUT2D eigenvalue weighted by molar-refractivity contribution is -0.122. The van der Waals surface area contributed by atoms with Crippen molar-refractivity contribution in [3.8, 4) is 0 Å². The van der Waals surface area contributed by atoms with E-state index in [-0.39, 0.29) is 12.2 Å². The van der Waals surface area contributed by atoms with Crippen LogP contribution in [-0.4, -0.2) is 26.6 Å². The topological polar surface area (TPSA) is 66.5 Å². The van der Waals surface area contributed by atoms with E-state index in [0.29, 0.717) is 0 Å². The van der Waals surface area contributed by atoms with Crippen molar-refractivity contribution >= 4 is 21.6 Å². The zero-order chi connectivity index (χ0) is 18.6. The van der Waals surface area contributed by atoms with Gasteiger partial charge >= 0.3 is 0 Å². The first-order valence-corrected chi connectivity index (χ1v) is 9.61. The Morgan fingerprint density at radius 2 is 1.84 bits per heavy atom. The predicted molar refractivity (Wildman–Crippen MR) is 96.2 cm³/mol. The fraction of sp³-hybridized carbons (Fsp3) is 0.278. The number of hydrogen-bond donors (Lipinski definition) is 1. The molecule has 0 aliphatic heterocycles. The summed E-state index contributed by atoms with van der Waals surface area (Å²) >= 11 is 0. The normalized spacial score (nSPS) is 12.5. The van der Waals surface area contributed by atoms with Crippen molar-refractivity contribution in [1.82, 2.24) is 5.32 Å². The van der Waals surface area contributed by atoms with Crippen LogP contribution in [0.2, 0.25) is 0 Å². The molecule has 0 saturated heterocycles. The van der Waals surface area contributed by atoms with E-state index >= 15 is 0 Å². The van der Waals surface area contributed by atoms with Crippen LogP contribution in [0.5, 0.6) is 0 Å². The third kappa shape index (κ3) is 5.03. The van der Waals surface area contributed by atoms with Crippen LogP contribution in [0.15, 0.2) is 48.5 Å². The summed E-state index contributed by atoms with van der Waals surface area (Å²) in [4.78, 5) is 12.4. The number of carbonyl (C=O) groups excluding carboxylic acids is 1.